The predicted octanol–water partition coefficient (Wildman–Crippen LogP) is 5.76. The van der Waals surface area contributed by atoms with E-state index in [1.54, 1.807) is 23.8 Å². The molecule has 1 saturated heterocycles. The van der Waals surface area contributed by atoms with Crippen LogP contribution in [-0.2, 0) is 15.9 Å². The number of hydrogen-bond acceptors (Lipinski definition) is 5. The summed E-state index contributed by atoms with van der Waals surface area (Å²) in [6.45, 7) is 9.95. The van der Waals surface area contributed by atoms with E-state index in [0.717, 1.165) is 27.5 Å². The summed E-state index contributed by atoms with van der Waals surface area (Å²) in [5, 5.41) is 0. The Morgan fingerprint density at radius 1 is 1.10 bits per heavy atom. The molecule has 162 valence electrons. The second-order valence-electron chi connectivity index (χ2n) is 8.89. The van der Waals surface area contributed by atoms with Crippen LogP contribution in [0.5, 0.6) is 5.75 Å². The number of carbonyl (C=O) groups excluding carboxylic acids is 1. The molecule has 5 nitrogen and oxygen atoms in total. The number of ether oxygens (including phenoxy) is 3. The van der Waals surface area contributed by atoms with Crippen molar-refractivity contribution in [3.8, 4) is 5.75 Å². The van der Waals surface area contributed by atoms with Crippen molar-refractivity contribution in [2.24, 2.45) is 0 Å². The zero-order chi connectivity index (χ0) is 21.9. The Morgan fingerprint density at radius 3 is 2.20 bits per heavy atom. The Balaban J connectivity index is 1.66. The largest absolute Gasteiger partial charge is 0.497 e. The highest BCUT2D eigenvalue weighted by Crippen LogP contribution is 2.32. The van der Waals surface area contributed by atoms with E-state index in [4.69, 9.17) is 14.2 Å². The molecule has 1 heterocycles. The minimum Gasteiger partial charge on any atom is -0.497 e. The van der Waals surface area contributed by atoms with Gasteiger partial charge in [-0.15, -0.1) is 0 Å². The maximum atomic E-state index is 12.8. The minimum atomic E-state index is -0.683. The smallest absolute Gasteiger partial charge is 0.412 e. The lowest BCUT2D eigenvalue weighted by atomic mass is 10.1. The van der Waals surface area contributed by atoms with Crippen molar-refractivity contribution in [3.05, 3.63) is 54.1 Å². The van der Waals surface area contributed by atoms with Crippen molar-refractivity contribution in [1.29, 1.82) is 0 Å². The molecule has 1 aliphatic rings. The molecule has 1 unspecified atom stereocenters. The second kappa shape index (κ2) is 8.90. The van der Waals surface area contributed by atoms with E-state index < -0.39 is 11.3 Å². The molecule has 0 bridgehead atoms. The summed E-state index contributed by atoms with van der Waals surface area (Å²) >= 11 is 1.70. The van der Waals surface area contributed by atoms with Gasteiger partial charge in [-0.2, -0.15) is 0 Å². The lowest BCUT2D eigenvalue weighted by Gasteiger charge is -2.35. The Hall–Kier alpha value is -2.18. The van der Waals surface area contributed by atoms with Gasteiger partial charge in [0.1, 0.15) is 17.1 Å². The van der Waals surface area contributed by atoms with Gasteiger partial charge in [0, 0.05) is 9.79 Å². The van der Waals surface area contributed by atoms with Crippen molar-refractivity contribution in [2.75, 3.05) is 13.7 Å². The standard InChI is InChI=1S/C24H31NO4S/c1-23(2,3)29-22(26)25-18(16-28-24(25,4)5)15-17-7-11-20(12-8-17)30-21-13-9-19(27-6)10-14-21/h7-14,18H,15-16H2,1-6H3. The number of benzene rings is 2. The van der Waals surface area contributed by atoms with Gasteiger partial charge >= 0.3 is 6.09 Å². The molecule has 0 aliphatic carbocycles. The summed E-state index contributed by atoms with van der Waals surface area (Å²) in [7, 11) is 1.67. The van der Waals surface area contributed by atoms with Crippen molar-refractivity contribution in [2.45, 2.75) is 68.2 Å². The predicted molar refractivity (Wildman–Crippen MR) is 119 cm³/mol. The van der Waals surface area contributed by atoms with Crippen LogP contribution in [0.4, 0.5) is 4.79 Å². The molecular formula is C24H31NO4S. The molecular weight excluding hydrogens is 398 g/mol. The number of nitrogens with zero attached hydrogens (tertiary/aromatic N) is 1. The summed E-state index contributed by atoms with van der Waals surface area (Å²) in [5.41, 5.74) is -0.0634. The van der Waals surface area contributed by atoms with Crippen LogP contribution >= 0.6 is 11.8 Å². The van der Waals surface area contributed by atoms with Gasteiger partial charge in [-0.1, -0.05) is 23.9 Å². The van der Waals surface area contributed by atoms with Crippen LogP contribution in [-0.4, -0.2) is 42.1 Å². The summed E-state index contributed by atoms with van der Waals surface area (Å²) in [6.07, 6.45) is 0.387. The Kier molecular flexibility index (Phi) is 6.68. The molecule has 1 atom stereocenters. The van der Waals surface area contributed by atoms with E-state index in [1.165, 1.54) is 0 Å². The van der Waals surface area contributed by atoms with Crippen LogP contribution in [0.2, 0.25) is 0 Å². The van der Waals surface area contributed by atoms with Gasteiger partial charge in [-0.3, -0.25) is 4.90 Å². The van der Waals surface area contributed by atoms with E-state index in [2.05, 4.69) is 24.3 Å². The molecule has 1 fully saturated rings. The Morgan fingerprint density at radius 2 is 1.67 bits per heavy atom. The van der Waals surface area contributed by atoms with Crippen LogP contribution < -0.4 is 4.74 Å². The number of rotatable bonds is 5. The molecule has 0 aromatic heterocycles. The minimum absolute atomic E-state index is 0.0602. The highest BCUT2D eigenvalue weighted by atomic mass is 32.2. The first-order chi connectivity index (χ1) is 14.1. The third-order valence-corrected chi connectivity index (χ3v) is 5.87. The van der Waals surface area contributed by atoms with E-state index in [1.807, 2.05) is 58.9 Å². The highest BCUT2D eigenvalue weighted by Gasteiger charge is 2.45. The molecule has 3 rings (SSSR count). The van der Waals surface area contributed by atoms with Gasteiger partial charge in [0.25, 0.3) is 0 Å². The third kappa shape index (κ3) is 5.70. The molecule has 0 N–H and O–H groups in total. The Labute approximate surface area is 183 Å². The van der Waals surface area contributed by atoms with E-state index in [0.29, 0.717) is 6.61 Å². The molecule has 1 aliphatic heterocycles. The maximum absolute atomic E-state index is 12.8. The normalized spacial score (nSPS) is 18.3. The number of amides is 1. The van der Waals surface area contributed by atoms with Gasteiger partial charge in [0.15, 0.2) is 0 Å². The fourth-order valence-corrected chi connectivity index (χ4v) is 4.28. The molecule has 6 heteroatoms. The van der Waals surface area contributed by atoms with Crippen molar-refractivity contribution < 1.29 is 19.0 Å². The molecule has 0 radical (unpaired) electrons. The molecule has 0 saturated carbocycles. The average Bonchev–Trinajstić information content (AvgIpc) is 2.96. The van der Waals surface area contributed by atoms with E-state index >= 15 is 0 Å². The molecule has 2 aromatic rings. The van der Waals surface area contributed by atoms with Crippen molar-refractivity contribution >= 4 is 17.9 Å². The fraction of sp³-hybridized carbons (Fsp3) is 0.458. The number of carbonyl (C=O) groups is 1. The molecule has 0 spiro atoms. The maximum Gasteiger partial charge on any atom is 0.412 e. The van der Waals surface area contributed by atoms with E-state index in [-0.39, 0.29) is 12.1 Å². The van der Waals surface area contributed by atoms with Crippen LogP contribution in [0.15, 0.2) is 58.3 Å². The summed E-state index contributed by atoms with van der Waals surface area (Å²) < 4.78 is 16.7. The first-order valence-corrected chi connectivity index (χ1v) is 11.0. The summed E-state index contributed by atoms with van der Waals surface area (Å²) in [6, 6.07) is 16.4. The summed E-state index contributed by atoms with van der Waals surface area (Å²) in [4.78, 5) is 16.8. The zero-order valence-corrected chi connectivity index (χ0v) is 19.4. The summed E-state index contributed by atoms with van der Waals surface area (Å²) in [5.74, 6) is 0.853. The average molecular weight is 430 g/mol. The number of methoxy groups -OCH3 is 1. The van der Waals surface area contributed by atoms with Gasteiger partial charge in [-0.05, 0) is 83.0 Å². The fourth-order valence-electron chi connectivity index (χ4n) is 3.46. The van der Waals surface area contributed by atoms with Crippen LogP contribution in [0.1, 0.15) is 40.2 Å². The topological polar surface area (TPSA) is 48.0 Å². The van der Waals surface area contributed by atoms with Crippen LogP contribution in [0.3, 0.4) is 0 Å². The molecule has 2 aromatic carbocycles. The van der Waals surface area contributed by atoms with Gasteiger partial charge in [0.05, 0.1) is 19.8 Å². The van der Waals surface area contributed by atoms with Gasteiger partial charge in [0.2, 0.25) is 0 Å². The molecule has 1 amide bonds. The lowest BCUT2D eigenvalue weighted by molar-refractivity contribution is -0.0624. The first kappa shape index (κ1) is 22.5. The lowest BCUT2D eigenvalue weighted by Crippen LogP contribution is -2.50. The van der Waals surface area contributed by atoms with Crippen LogP contribution in [0.25, 0.3) is 0 Å². The SMILES string of the molecule is COc1ccc(Sc2ccc(CC3COC(C)(C)N3C(=O)OC(C)(C)C)cc2)cc1. The highest BCUT2D eigenvalue weighted by molar-refractivity contribution is 7.99. The monoisotopic (exact) mass is 429 g/mol. The quantitative estimate of drug-likeness (QED) is 0.605. The van der Waals surface area contributed by atoms with Gasteiger partial charge < -0.3 is 14.2 Å². The third-order valence-electron chi connectivity index (χ3n) is 4.85. The zero-order valence-electron chi connectivity index (χ0n) is 18.6. The first-order valence-electron chi connectivity index (χ1n) is 10.1. The van der Waals surface area contributed by atoms with Crippen molar-refractivity contribution in [3.63, 3.8) is 0 Å². The Bertz CT molecular complexity index is 856. The number of hydrogen-bond donors (Lipinski definition) is 0. The van der Waals surface area contributed by atoms with Crippen molar-refractivity contribution in [1.82, 2.24) is 4.90 Å². The molecule has 30 heavy (non-hydrogen) atoms. The van der Waals surface area contributed by atoms with E-state index in [9.17, 15) is 4.79 Å². The van der Waals surface area contributed by atoms with Crippen LogP contribution in [0, 0.1) is 0 Å². The second-order valence-corrected chi connectivity index (χ2v) is 10.0. The van der Waals surface area contributed by atoms with Gasteiger partial charge in [-0.25, -0.2) is 4.79 Å².